The molecule has 1 fully saturated rings. The molecule has 198 valence electrons. The molecule has 0 radical (unpaired) electrons. The Morgan fingerprint density at radius 3 is 2.55 bits per heavy atom. The lowest BCUT2D eigenvalue weighted by molar-refractivity contribution is 0.0827. The van der Waals surface area contributed by atoms with Crippen LogP contribution in [0.4, 0.5) is 5.69 Å². The number of piperidine rings is 1. The number of nitrogens with one attached hydrogen (secondary N) is 1. The Hall–Kier alpha value is -3.91. The second kappa shape index (κ2) is 10.5. The molecule has 1 N–H and O–H groups in total. The zero-order chi connectivity index (χ0) is 27.0. The molecule has 5 rings (SSSR count). The van der Waals surface area contributed by atoms with E-state index >= 15 is 0 Å². The van der Waals surface area contributed by atoms with Gasteiger partial charge in [-0.1, -0.05) is 12.1 Å². The average Bonchev–Trinajstić information content (AvgIpc) is 3.24. The summed E-state index contributed by atoms with van der Waals surface area (Å²) in [5.41, 5.74) is 5.64. The molecule has 0 unspecified atom stereocenters. The number of aryl methyl sites for hydroxylation is 1. The average molecular weight is 513 g/mol. The molecule has 0 spiro atoms. The molecule has 1 saturated heterocycles. The predicted molar refractivity (Wildman–Crippen MR) is 152 cm³/mol. The van der Waals surface area contributed by atoms with Crippen molar-refractivity contribution in [1.29, 1.82) is 0 Å². The van der Waals surface area contributed by atoms with Crippen LogP contribution < -0.4 is 10.9 Å². The number of benzene rings is 1. The molecule has 1 amide bonds. The van der Waals surface area contributed by atoms with Crippen molar-refractivity contribution in [1.82, 2.24) is 23.9 Å². The number of fused-ring (bicyclic) bond motifs is 1. The van der Waals surface area contributed by atoms with Crippen LogP contribution in [0.3, 0.4) is 0 Å². The summed E-state index contributed by atoms with van der Waals surface area (Å²) in [6.45, 7) is 4.12. The molecule has 1 aliphatic heterocycles. The van der Waals surface area contributed by atoms with Gasteiger partial charge < -0.3 is 14.8 Å². The minimum Gasteiger partial charge on any atom is -0.388 e. The third kappa shape index (κ3) is 4.84. The Morgan fingerprint density at radius 1 is 1.13 bits per heavy atom. The van der Waals surface area contributed by atoms with Gasteiger partial charge in [-0.2, -0.15) is 0 Å². The summed E-state index contributed by atoms with van der Waals surface area (Å²) in [6.07, 6.45) is 5.73. The molecule has 0 bridgehead atoms. The van der Waals surface area contributed by atoms with Gasteiger partial charge in [0, 0.05) is 81.6 Å². The second-order valence-corrected chi connectivity index (χ2v) is 10.5. The molecule has 1 aromatic carbocycles. The van der Waals surface area contributed by atoms with Crippen molar-refractivity contribution in [3.8, 4) is 5.69 Å². The van der Waals surface area contributed by atoms with E-state index in [1.54, 1.807) is 42.9 Å². The van der Waals surface area contributed by atoms with E-state index in [1.165, 1.54) is 11.3 Å². The van der Waals surface area contributed by atoms with Crippen molar-refractivity contribution in [2.24, 2.45) is 7.05 Å². The van der Waals surface area contributed by atoms with Crippen LogP contribution in [0.5, 0.6) is 0 Å². The Labute approximate surface area is 223 Å². The van der Waals surface area contributed by atoms with Crippen molar-refractivity contribution in [2.45, 2.75) is 38.3 Å². The number of likely N-dealkylation sites (tertiary alicyclic amines) is 1. The zero-order valence-corrected chi connectivity index (χ0v) is 22.8. The van der Waals surface area contributed by atoms with Crippen LogP contribution >= 0.6 is 0 Å². The number of nitrogens with zero attached hydrogens (tertiary/aromatic N) is 5. The summed E-state index contributed by atoms with van der Waals surface area (Å²) in [4.78, 5) is 33.8. The fourth-order valence-corrected chi connectivity index (χ4v) is 5.58. The van der Waals surface area contributed by atoms with E-state index in [1.807, 2.05) is 30.5 Å². The summed E-state index contributed by atoms with van der Waals surface area (Å²) in [5.74, 6) is 0.519. The largest absolute Gasteiger partial charge is 0.388 e. The SMILES string of the molecule is CNc1ccn(-c2ccnc3c2cc(CN2CC[C@H](c4ccc(C(=O)N(C)C)cc4)C[C@H]2C)n3C)c(=O)c1. The zero-order valence-electron chi connectivity index (χ0n) is 22.8. The number of hydrogen-bond donors (Lipinski definition) is 1. The Kier molecular flexibility index (Phi) is 7.08. The third-order valence-electron chi connectivity index (χ3n) is 7.89. The van der Waals surface area contributed by atoms with Gasteiger partial charge in [0.05, 0.1) is 5.69 Å². The summed E-state index contributed by atoms with van der Waals surface area (Å²) in [5, 5.41) is 3.99. The molecule has 1 aliphatic rings. The van der Waals surface area contributed by atoms with Crippen LogP contribution in [0.1, 0.15) is 47.3 Å². The van der Waals surface area contributed by atoms with Gasteiger partial charge in [-0.05, 0) is 68.1 Å². The maximum atomic E-state index is 12.8. The molecule has 4 heterocycles. The standard InChI is InChI=1S/C30H36N6O2/c1-20-16-23(21-6-8-22(9-7-21)30(38)33(3)4)11-14-35(20)19-25-18-26-27(10-13-32-29(26)34(25)5)36-15-12-24(31-2)17-28(36)37/h6-10,12-13,15,17-18,20,23,31H,11,14,16,19H2,1-5H3/t20-,23+/m1/s1. The molecule has 38 heavy (non-hydrogen) atoms. The van der Waals surface area contributed by atoms with Crippen molar-refractivity contribution < 1.29 is 4.79 Å². The predicted octanol–water partition coefficient (Wildman–Crippen LogP) is 4.24. The van der Waals surface area contributed by atoms with E-state index in [0.29, 0.717) is 12.0 Å². The van der Waals surface area contributed by atoms with Crippen molar-refractivity contribution in [2.75, 3.05) is 33.0 Å². The highest BCUT2D eigenvalue weighted by molar-refractivity contribution is 5.93. The maximum absolute atomic E-state index is 12.8. The van der Waals surface area contributed by atoms with Gasteiger partial charge in [-0.25, -0.2) is 4.98 Å². The van der Waals surface area contributed by atoms with Crippen molar-refractivity contribution in [3.05, 3.63) is 88.1 Å². The van der Waals surface area contributed by atoms with E-state index in [-0.39, 0.29) is 11.5 Å². The number of aromatic nitrogens is 3. The van der Waals surface area contributed by atoms with E-state index < -0.39 is 0 Å². The van der Waals surface area contributed by atoms with Gasteiger partial charge in [0.15, 0.2) is 0 Å². The first-order valence-electron chi connectivity index (χ1n) is 13.2. The Balaban J connectivity index is 1.34. The third-order valence-corrected chi connectivity index (χ3v) is 7.89. The van der Waals surface area contributed by atoms with Crippen LogP contribution in [0, 0.1) is 0 Å². The smallest absolute Gasteiger partial charge is 0.257 e. The van der Waals surface area contributed by atoms with Crippen LogP contribution in [0.15, 0.2) is 65.7 Å². The second-order valence-electron chi connectivity index (χ2n) is 10.5. The summed E-state index contributed by atoms with van der Waals surface area (Å²) in [7, 11) is 7.42. The molecular formula is C30H36N6O2. The van der Waals surface area contributed by atoms with E-state index in [4.69, 9.17) is 0 Å². The molecule has 3 aromatic heterocycles. The highest BCUT2D eigenvalue weighted by Gasteiger charge is 2.27. The van der Waals surface area contributed by atoms with E-state index in [0.717, 1.165) is 53.9 Å². The number of anilines is 1. The quantitative estimate of drug-likeness (QED) is 0.418. The summed E-state index contributed by atoms with van der Waals surface area (Å²) >= 11 is 0. The molecule has 8 heteroatoms. The van der Waals surface area contributed by atoms with Crippen LogP contribution in [0.2, 0.25) is 0 Å². The number of carbonyl (C=O) groups excluding carboxylic acids is 1. The van der Waals surface area contributed by atoms with Crippen LogP contribution in [-0.4, -0.2) is 63.6 Å². The lowest BCUT2D eigenvalue weighted by atomic mass is 9.85. The highest BCUT2D eigenvalue weighted by atomic mass is 16.2. The normalized spacial score (nSPS) is 18.0. The summed E-state index contributed by atoms with van der Waals surface area (Å²) in [6, 6.07) is 16.1. The minimum atomic E-state index is -0.0791. The molecule has 0 saturated carbocycles. The molecule has 2 atom stereocenters. The number of carbonyl (C=O) groups is 1. The number of rotatable bonds is 6. The van der Waals surface area contributed by atoms with Gasteiger partial charge in [0.1, 0.15) is 5.65 Å². The van der Waals surface area contributed by atoms with Crippen LogP contribution in [-0.2, 0) is 13.6 Å². The monoisotopic (exact) mass is 512 g/mol. The van der Waals surface area contributed by atoms with Gasteiger partial charge in [-0.15, -0.1) is 0 Å². The van der Waals surface area contributed by atoms with E-state index in [2.05, 4.69) is 51.9 Å². The molecular weight excluding hydrogens is 476 g/mol. The molecule has 8 nitrogen and oxygen atoms in total. The Bertz CT molecular complexity index is 1520. The molecule has 4 aromatic rings. The minimum absolute atomic E-state index is 0.0344. The summed E-state index contributed by atoms with van der Waals surface area (Å²) < 4.78 is 3.82. The number of amides is 1. The first-order chi connectivity index (χ1) is 18.3. The van der Waals surface area contributed by atoms with Crippen molar-refractivity contribution >= 4 is 22.6 Å². The highest BCUT2D eigenvalue weighted by Crippen LogP contribution is 2.33. The first kappa shape index (κ1) is 25.7. The van der Waals surface area contributed by atoms with E-state index in [9.17, 15) is 9.59 Å². The van der Waals surface area contributed by atoms with Crippen molar-refractivity contribution in [3.63, 3.8) is 0 Å². The fourth-order valence-electron chi connectivity index (χ4n) is 5.58. The maximum Gasteiger partial charge on any atom is 0.257 e. The van der Waals surface area contributed by atoms with Gasteiger partial charge in [-0.3, -0.25) is 19.1 Å². The van der Waals surface area contributed by atoms with Gasteiger partial charge in [0.25, 0.3) is 11.5 Å². The number of pyridine rings is 2. The first-order valence-corrected chi connectivity index (χ1v) is 13.2. The fraction of sp³-hybridized carbons (Fsp3) is 0.367. The Morgan fingerprint density at radius 2 is 1.89 bits per heavy atom. The van der Waals surface area contributed by atoms with Crippen LogP contribution in [0.25, 0.3) is 16.7 Å². The number of hydrogen-bond acceptors (Lipinski definition) is 5. The van der Waals surface area contributed by atoms with Gasteiger partial charge >= 0.3 is 0 Å². The van der Waals surface area contributed by atoms with Gasteiger partial charge in [0.2, 0.25) is 0 Å². The molecule has 0 aliphatic carbocycles. The lowest BCUT2D eigenvalue weighted by Crippen LogP contribution is -2.39. The topological polar surface area (TPSA) is 75.4 Å². The lowest BCUT2D eigenvalue weighted by Gasteiger charge is -2.38.